The van der Waals surface area contributed by atoms with Crippen molar-refractivity contribution < 1.29 is 14.4 Å². The van der Waals surface area contributed by atoms with Crippen molar-refractivity contribution in [1.82, 2.24) is 5.01 Å². The monoisotopic (exact) mass is 259 g/mol. The second-order valence-electron chi connectivity index (χ2n) is 4.20. The first-order valence-corrected chi connectivity index (χ1v) is 5.68. The Balaban J connectivity index is 2.11. The second-order valence-corrected chi connectivity index (χ2v) is 4.20. The van der Waals surface area contributed by atoms with Gasteiger partial charge in [-0.2, -0.15) is 5.10 Å². The van der Waals surface area contributed by atoms with Crippen molar-refractivity contribution in [2.24, 2.45) is 10.3 Å². The lowest BCUT2D eigenvalue weighted by Crippen LogP contribution is -2.24. The van der Waals surface area contributed by atoms with E-state index in [-0.39, 0.29) is 5.71 Å². The highest BCUT2D eigenvalue weighted by molar-refractivity contribution is 6.68. The highest BCUT2D eigenvalue weighted by Gasteiger charge is 2.27. The molecule has 1 aliphatic rings. The SMILES string of the molecule is CC1=NN(C)C(=O)C1=NOC(=O)c1ccc(C)cc1. The van der Waals surface area contributed by atoms with Crippen LogP contribution in [-0.4, -0.2) is 35.4 Å². The van der Waals surface area contributed by atoms with Crippen LogP contribution < -0.4 is 0 Å². The summed E-state index contributed by atoms with van der Waals surface area (Å²) < 4.78 is 0. The quantitative estimate of drug-likeness (QED) is 0.594. The van der Waals surface area contributed by atoms with Gasteiger partial charge >= 0.3 is 5.97 Å². The molecule has 98 valence electrons. The Morgan fingerprint density at radius 1 is 1.26 bits per heavy atom. The molecule has 2 rings (SSSR count). The molecular weight excluding hydrogens is 246 g/mol. The Labute approximate surface area is 110 Å². The largest absolute Gasteiger partial charge is 0.365 e. The van der Waals surface area contributed by atoms with E-state index in [2.05, 4.69) is 10.3 Å². The lowest BCUT2D eigenvalue weighted by atomic mass is 10.2. The molecule has 0 radical (unpaired) electrons. The molecule has 0 N–H and O–H groups in total. The summed E-state index contributed by atoms with van der Waals surface area (Å²) in [6, 6.07) is 6.87. The van der Waals surface area contributed by atoms with Crippen LogP contribution >= 0.6 is 0 Å². The highest BCUT2D eigenvalue weighted by Crippen LogP contribution is 2.07. The zero-order chi connectivity index (χ0) is 14.0. The van der Waals surface area contributed by atoms with Crippen LogP contribution in [0.25, 0.3) is 0 Å². The Morgan fingerprint density at radius 3 is 2.42 bits per heavy atom. The van der Waals surface area contributed by atoms with Gasteiger partial charge in [0.05, 0.1) is 11.3 Å². The van der Waals surface area contributed by atoms with Gasteiger partial charge in [-0.05, 0) is 26.0 Å². The van der Waals surface area contributed by atoms with Gasteiger partial charge in [0.25, 0.3) is 5.91 Å². The van der Waals surface area contributed by atoms with Gasteiger partial charge in [0.1, 0.15) is 0 Å². The fourth-order valence-electron chi connectivity index (χ4n) is 1.56. The predicted octanol–water partition coefficient (Wildman–Crippen LogP) is 1.36. The minimum atomic E-state index is -0.609. The Bertz CT molecular complexity index is 588. The molecule has 0 spiro atoms. The molecule has 1 aromatic rings. The number of nitrogens with zero attached hydrogens (tertiary/aromatic N) is 3. The molecule has 0 atom stereocenters. The molecule has 1 aliphatic heterocycles. The zero-order valence-electron chi connectivity index (χ0n) is 10.9. The van der Waals surface area contributed by atoms with E-state index in [4.69, 9.17) is 4.84 Å². The maximum absolute atomic E-state index is 11.7. The van der Waals surface area contributed by atoms with E-state index in [1.54, 1.807) is 31.2 Å². The lowest BCUT2D eigenvalue weighted by Gasteiger charge is -2.01. The Morgan fingerprint density at radius 2 is 1.89 bits per heavy atom. The first kappa shape index (κ1) is 12.9. The summed E-state index contributed by atoms with van der Waals surface area (Å²) in [6.45, 7) is 3.54. The number of hydrazone groups is 1. The summed E-state index contributed by atoms with van der Waals surface area (Å²) in [6.07, 6.45) is 0. The van der Waals surface area contributed by atoms with E-state index >= 15 is 0 Å². The van der Waals surface area contributed by atoms with Crippen molar-refractivity contribution in [1.29, 1.82) is 0 Å². The van der Waals surface area contributed by atoms with Crippen molar-refractivity contribution in [3.63, 3.8) is 0 Å². The van der Waals surface area contributed by atoms with Crippen molar-refractivity contribution in [3.8, 4) is 0 Å². The smallest absolute Gasteiger partial charge is 0.312 e. The highest BCUT2D eigenvalue weighted by atomic mass is 16.7. The third kappa shape index (κ3) is 2.67. The van der Waals surface area contributed by atoms with Gasteiger partial charge in [-0.15, -0.1) is 0 Å². The number of rotatable bonds is 2. The summed E-state index contributed by atoms with van der Waals surface area (Å²) in [5.41, 5.74) is 1.88. The van der Waals surface area contributed by atoms with Crippen LogP contribution in [0.3, 0.4) is 0 Å². The number of benzene rings is 1. The predicted molar refractivity (Wildman–Crippen MR) is 69.9 cm³/mol. The van der Waals surface area contributed by atoms with E-state index in [1.807, 2.05) is 6.92 Å². The number of amides is 1. The average Bonchev–Trinajstić information content (AvgIpc) is 2.62. The number of aryl methyl sites for hydroxylation is 1. The van der Waals surface area contributed by atoms with Crippen LogP contribution in [-0.2, 0) is 9.63 Å². The number of hydrogen-bond acceptors (Lipinski definition) is 5. The summed E-state index contributed by atoms with van der Waals surface area (Å²) in [4.78, 5) is 28.1. The third-order valence-corrected chi connectivity index (χ3v) is 2.65. The van der Waals surface area contributed by atoms with Crippen LogP contribution in [0.4, 0.5) is 0 Å². The van der Waals surface area contributed by atoms with E-state index in [0.29, 0.717) is 11.3 Å². The first-order valence-electron chi connectivity index (χ1n) is 5.68. The van der Waals surface area contributed by atoms with Gasteiger partial charge < -0.3 is 4.84 Å². The first-order chi connectivity index (χ1) is 8.99. The molecule has 6 nitrogen and oxygen atoms in total. The normalized spacial score (nSPS) is 16.8. The lowest BCUT2D eigenvalue weighted by molar-refractivity contribution is -0.122. The average molecular weight is 259 g/mol. The molecule has 0 aromatic heterocycles. The number of carbonyl (C=O) groups excluding carboxylic acids is 2. The summed E-state index contributed by atoms with van der Waals surface area (Å²) in [5.74, 6) is -1.00. The van der Waals surface area contributed by atoms with Crippen molar-refractivity contribution in [2.45, 2.75) is 13.8 Å². The van der Waals surface area contributed by atoms with Crippen LogP contribution in [0.15, 0.2) is 34.5 Å². The summed E-state index contributed by atoms with van der Waals surface area (Å²) >= 11 is 0. The van der Waals surface area contributed by atoms with E-state index in [9.17, 15) is 9.59 Å². The van der Waals surface area contributed by atoms with Crippen molar-refractivity contribution >= 4 is 23.3 Å². The Hall–Kier alpha value is -2.50. The Kier molecular flexibility index (Phi) is 3.41. The van der Waals surface area contributed by atoms with Gasteiger partial charge in [-0.3, -0.25) is 4.79 Å². The van der Waals surface area contributed by atoms with Gasteiger partial charge in [0, 0.05) is 7.05 Å². The van der Waals surface area contributed by atoms with Gasteiger partial charge in [-0.25, -0.2) is 9.80 Å². The molecule has 1 amide bonds. The van der Waals surface area contributed by atoms with E-state index in [1.165, 1.54) is 7.05 Å². The van der Waals surface area contributed by atoms with Gasteiger partial charge in [0.2, 0.25) is 0 Å². The summed E-state index contributed by atoms with van der Waals surface area (Å²) in [5, 5.41) is 8.62. The minimum Gasteiger partial charge on any atom is -0.312 e. The molecular formula is C13H13N3O3. The zero-order valence-corrected chi connectivity index (χ0v) is 10.9. The third-order valence-electron chi connectivity index (χ3n) is 2.65. The molecule has 0 unspecified atom stereocenters. The van der Waals surface area contributed by atoms with E-state index < -0.39 is 11.9 Å². The maximum Gasteiger partial charge on any atom is 0.365 e. The molecule has 0 bridgehead atoms. The fourth-order valence-corrected chi connectivity index (χ4v) is 1.56. The van der Waals surface area contributed by atoms with Crippen LogP contribution in [0, 0.1) is 6.92 Å². The number of oxime groups is 1. The van der Waals surface area contributed by atoms with Crippen LogP contribution in [0.5, 0.6) is 0 Å². The molecule has 1 aromatic carbocycles. The van der Waals surface area contributed by atoms with Gasteiger partial charge in [0.15, 0.2) is 5.71 Å². The minimum absolute atomic E-state index is 0.0444. The molecule has 0 saturated carbocycles. The van der Waals surface area contributed by atoms with E-state index in [0.717, 1.165) is 10.6 Å². The standard InChI is InChI=1S/C13H13N3O3/c1-8-4-6-10(7-5-8)13(18)19-15-11-9(2)14-16(3)12(11)17/h4-7H,1-3H3. The molecule has 0 fully saturated rings. The fraction of sp³-hybridized carbons (Fsp3) is 0.231. The second kappa shape index (κ2) is 5.01. The number of hydrogen-bond donors (Lipinski definition) is 0. The number of carbonyl (C=O) groups is 2. The van der Waals surface area contributed by atoms with Crippen molar-refractivity contribution in [2.75, 3.05) is 7.05 Å². The van der Waals surface area contributed by atoms with Crippen LogP contribution in [0.1, 0.15) is 22.8 Å². The summed E-state index contributed by atoms with van der Waals surface area (Å²) in [7, 11) is 1.51. The molecule has 0 saturated heterocycles. The molecule has 0 aliphatic carbocycles. The topological polar surface area (TPSA) is 71.3 Å². The molecule has 19 heavy (non-hydrogen) atoms. The molecule has 6 heteroatoms. The van der Waals surface area contributed by atoms with Crippen molar-refractivity contribution in [3.05, 3.63) is 35.4 Å². The van der Waals surface area contributed by atoms with Gasteiger partial charge in [-0.1, -0.05) is 22.9 Å². The maximum atomic E-state index is 11.7. The molecule has 1 heterocycles. The van der Waals surface area contributed by atoms with Crippen LogP contribution in [0.2, 0.25) is 0 Å².